The molecule has 94 valence electrons. The summed E-state index contributed by atoms with van der Waals surface area (Å²) in [6.45, 7) is 0.535. The van der Waals surface area contributed by atoms with Crippen LogP contribution in [0.15, 0.2) is 30.6 Å². The third-order valence-corrected chi connectivity index (χ3v) is 2.71. The van der Waals surface area contributed by atoms with Gasteiger partial charge in [-0.25, -0.2) is 4.39 Å². The maximum Gasteiger partial charge on any atom is 0.135 e. The molecule has 1 heterocycles. The number of thiocarbonyl (C=S) groups is 1. The van der Waals surface area contributed by atoms with Crippen LogP contribution in [0.25, 0.3) is 0 Å². The maximum absolute atomic E-state index is 13.6. The van der Waals surface area contributed by atoms with E-state index in [0.717, 1.165) is 5.56 Å². The molecular weight excluding hydrogens is 251 g/mol. The van der Waals surface area contributed by atoms with E-state index in [1.165, 1.54) is 6.07 Å². The summed E-state index contributed by atoms with van der Waals surface area (Å²) in [7, 11) is 1.84. The van der Waals surface area contributed by atoms with E-state index in [4.69, 9.17) is 18.0 Å². The summed E-state index contributed by atoms with van der Waals surface area (Å²) in [6, 6.07) is 4.69. The lowest BCUT2D eigenvalue weighted by molar-refractivity contribution is 0.626. The average molecular weight is 264 g/mol. The number of nitrogens with one attached hydrogen (secondary N) is 1. The van der Waals surface area contributed by atoms with E-state index in [0.29, 0.717) is 12.2 Å². The monoisotopic (exact) mass is 264 g/mol. The number of anilines is 1. The second-order valence-electron chi connectivity index (χ2n) is 3.90. The van der Waals surface area contributed by atoms with Gasteiger partial charge >= 0.3 is 0 Å². The predicted molar refractivity (Wildman–Crippen MR) is 72.8 cm³/mol. The molecule has 0 amide bonds. The highest BCUT2D eigenvalue weighted by Gasteiger charge is 2.10. The van der Waals surface area contributed by atoms with Crippen molar-refractivity contribution < 1.29 is 4.39 Å². The lowest BCUT2D eigenvalue weighted by Crippen LogP contribution is -2.15. The van der Waals surface area contributed by atoms with Gasteiger partial charge in [-0.2, -0.15) is 5.10 Å². The Kier molecular flexibility index (Phi) is 3.57. The SMILES string of the molecule is Cn1cc(CNc2cccc(F)c2C(N)=S)cn1. The molecule has 0 atom stereocenters. The van der Waals surface area contributed by atoms with Crippen molar-refractivity contribution in [3.8, 4) is 0 Å². The first-order valence-electron chi connectivity index (χ1n) is 5.37. The Morgan fingerprint density at radius 1 is 1.56 bits per heavy atom. The van der Waals surface area contributed by atoms with Crippen LogP contribution < -0.4 is 11.1 Å². The molecule has 0 bridgehead atoms. The topological polar surface area (TPSA) is 55.9 Å². The number of benzene rings is 1. The van der Waals surface area contributed by atoms with Gasteiger partial charge in [-0.3, -0.25) is 4.68 Å². The molecule has 2 rings (SSSR count). The second-order valence-corrected chi connectivity index (χ2v) is 4.34. The molecular formula is C12H13FN4S. The van der Waals surface area contributed by atoms with Crippen molar-refractivity contribution >= 4 is 22.9 Å². The lowest BCUT2D eigenvalue weighted by atomic mass is 10.1. The van der Waals surface area contributed by atoms with Gasteiger partial charge < -0.3 is 11.1 Å². The number of hydrogen-bond acceptors (Lipinski definition) is 3. The van der Waals surface area contributed by atoms with Gasteiger partial charge in [0.25, 0.3) is 0 Å². The zero-order valence-electron chi connectivity index (χ0n) is 9.85. The molecule has 0 aliphatic carbocycles. The van der Waals surface area contributed by atoms with Crippen molar-refractivity contribution in [1.82, 2.24) is 9.78 Å². The zero-order valence-corrected chi connectivity index (χ0v) is 10.7. The van der Waals surface area contributed by atoms with E-state index < -0.39 is 5.82 Å². The summed E-state index contributed by atoms with van der Waals surface area (Å²) >= 11 is 4.85. The Morgan fingerprint density at radius 3 is 2.94 bits per heavy atom. The molecule has 0 aliphatic rings. The third kappa shape index (κ3) is 2.65. The Morgan fingerprint density at radius 2 is 2.33 bits per heavy atom. The molecule has 2 aromatic rings. The van der Waals surface area contributed by atoms with Crippen molar-refractivity contribution in [2.75, 3.05) is 5.32 Å². The Labute approximate surface area is 110 Å². The van der Waals surface area contributed by atoms with Crippen LogP contribution in [0.4, 0.5) is 10.1 Å². The van der Waals surface area contributed by atoms with Crippen LogP contribution >= 0.6 is 12.2 Å². The third-order valence-electron chi connectivity index (χ3n) is 2.50. The van der Waals surface area contributed by atoms with Crippen LogP contribution in [0.2, 0.25) is 0 Å². The Balaban J connectivity index is 2.19. The smallest absolute Gasteiger partial charge is 0.135 e. The first kappa shape index (κ1) is 12.5. The maximum atomic E-state index is 13.6. The molecule has 0 unspecified atom stereocenters. The molecule has 4 nitrogen and oxygen atoms in total. The van der Waals surface area contributed by atoms with Crippen molar-refractivity contribution in [3.05, 3.63) is 47.5 Å². The summed E-state index contributed by atoms with van der Waals surface area (Å²) < 4.78 is 15.3. The number of halogens is 1. The standard InChI is InChI=1S/C12H13FN4S/c1-17-7-8(6-16-17)5-15-10-4-2-3-9(13)11(10)12(14)18/h2-4,6-7,15H,5H2,1H3,(H2,14,18). The summed E-state index contributed by atoms with van der Waals surface area (Å²) in [5.41, 5.74) is 7.36. The number of rotatable bonds is 4. The van der Waals surface area contributed by atoms with E-state index in [1.807, 2.05) is 13.2 Å². The predicted octanol–water partition coefficient (Wildman–Crippen LogP) is 1.81. The molecule has 3 N–H and O–H groups in total. The molecule has 6 heteroatoms. The summed E-state index contributed by atoms with van der Waals surface area (Å²) in [4.78, 5) is 0.0433. The van der Waals surface area contributed by atoms with E-state index in [1.54, 1.807) is 23.0 Å². The largest absolute Gasteiger partial charge is 0.389 e. The fourth-order valence-corrected chi connectivity index (χ4v) is 1.89. The average Bonchev–Trinajstić information content (AvgIpc) is 2.72. The Hall–Kier alpha value is -1.95. The van der Waals surface area contributed by atoms with Gasteiger partial charge in [0.15, 0.2) is 0 Å². The van der Waals surface area contributed by atoms with Crippen molar-refractivity contribution in [2.24, 2.45) is 12.8 Å². The quantitative estimate of drug-likeness (QED) is 0.827. The molecule has 0 aliphatic heterocycles. The summed E-state index contributed by atoms with van der Waals surface area (Å²) in [6.07, 6.45) is 3.62. The van der Waals surface area contributed by atoms with Gasteiger partial charge in [-0.05, 0) is 12.1 Å². The van der Waals surface area contributed by atoms with Crippen LogP contribution in [0.3, 0.4) is 0 Å². The lowest BCUT2D eigenvalue weighted by Gasteiger charge is -2.11. The van der Waals surface area contributed by atoms with Gasteiger partial charge in [-0.15, -0.1) is 0 Å². The highest BCUT2D eigenvalue weighted by molar-refractivity contribution is 7.80. The number of aromatic nitrogens is 2. The van der Waals surface area contributed by atoms with Gasteiger partial charge in [0.05, 0.1) is 11.8 Å². The summed E-state index contributed by atoms with van der Waals surface area (Å²) in [5, 5.41) is 7.16. The van der Waals surface area contributed by atoms with Crippen LogP contribution in [-0.2, 0) is 13.6 Å². The second kappa shape index (κ2) is 5.14. The molecule has 0 spiro atoms. The van der Waals surface area contributed by atoms with Crippen LogP contribution in [0.5, 0.6) is 0 Å². The highest BCUT2D eigenvalue weighted by atomic mass is 32.1. The molecule has 0 saturated carbocycles. The van der Waals surface area contributed by atoms with E-state index in [2.05, 4.69) is 10.4 Å². The molecule has 0 fully saturated rings. The van der Waals surface area contributed by atoms with Crippen molar-refractivity contribution in [1.29, 1.82) is 0 Å². The number of aryl methyl sites for hydroxylation is 1. The normalized spacial score (nSPS) is 10.3. The molecule has 18 heavy (non-hydrogen) atoms. The van der Waals surface area contributed by atoms with Crippen LogP contribution in [0.1, 0.15) is 11.1 Å². The van der Waals surface area contributed by atoms with E-state index in [-0.39, 0.29) is 10.6 Å². The zero-order chi connectivity index (χ0) is 13.1. The fourth-order valence-electron chi connectivity index (χ4n) is 1.68. The molecule has 0 radical (unpaired) electrons. The van der Waals surface area contributed by atoms with Gasteiger partial charge in [0.2, 0.25) is 0 Å². The van der Waals surface area contributed by atoms with Crippen molar-refractivity contribution in [3.63, 3.8) is 0 Å². The van der Waals surface area contributed by atoms with Gasteiger partial charge in [0, 0.05) is 31.0 Å². The molecule has 1 aromatic carbocycles. The Bertz CT molecular complexity index is 579. The molecule has 0 saturated heterocycles. The van der Waals surface area contributed by atoms with E-state index in [9.17, 15) is 4.39 Å². The van der Waals surface area contributed by atoms with Crippen molar-refractivity contribution in [2.45, 2.75) is 6.54 Å². The van der Waals surface area contributed by atoms with Gasteiger partial charge in [0.1, 0.15) is 10.8 Å². The summed E-state index contributed by atoms with van der Waals surface area (Å²) in [5.74, 6) is -0.418. The highest BCUT2D eigenvalue weighted by Crippen LogP contribution is 2.19. The minimum atomic E-state index is -0.418. The van der Waals surface area contributed by atoms with Crippen LogP contribution in [0, 0.1) is 5.82 Å². The van der Waals surface area contributed by atoms with Crippen LogP contribution in [-0.4, -0.2) is 14.8 Å². The first-order valence-corrected chi connectivity index (χ1v) is 5.78. The fraction of sp³-hybridized carbons (Fsp3) is 0.167. The number of nitrogens with two attached hydrogens (primary N) is 1. The molecule has 1 aromatic heterocycles. The first-order chi connectivity index (χ1) is 8.58. The minimum absolute atomic E-state index is 0.0433. The minimum Gasteiger partial charge on any atom is -0.389 e. The van der Waals surface area contributed by atoms with E-state index >= 15 is 0 Å². The number of nitrogens with zero attached hydrogens (tertiary/aromatic N) is 2. The van der Waals surface area contributed by atoms with Gasteiger partial charge in [-0.1, -0.05) is 18.3 Å². The number of hydrogen-bond donors (Lipinski definition) is 2.